The van der Waals surface area contributed by atoms with Crippen LogP contribution in [-0.2, 0) is 9.59 Å². The Hall–Kier alpha value is 1.95. The number of carbonyl (C=O) groups is 2. The summed E-state index contributed by atoms with van der Waals surface area (Å²) in [7, 11) is 0. The van der Waals surface area contributed by atoms with Gasteiger partial charge < -0.3 is 13.1 Å². The van der Waals surface area contributed by atoms with E-state index in [1.54, 1.807) is 0 Å². The van der Waals surface area contributed by atoms with Crippen LogP contribution >= 0.6 is 0 Å². The van der Waals surface area contributed by atoms with E-state index in [0.717, 1.165) is 0 Å². The molecule has 0 aromatic heterocycles. The largest absolute Gasteiger partial charge is 1.00 e. The maximum absolute atomic E-state index is 9.55. The van der Waals surface area contributed by atoms with Crippen LogP contribution in [0.2, 0.25) is 0 Å². The maximum Gasteiger partial charge on any atom is 1.00 e. The van der Waals surface area contributed by atoms with Gasteiger partial charge in [-0.2, -0.15) is 0 Å². The molecule has 0 saturated heterocycles. The quantitative estimate of drug-likeness (QED) is 0.340. The maximum atomic E-state index is 9.55. The molecule has 48 valence electrons. The summed E-state index contributed by atoms with van der Waals surface area (Å²) in [6.07, 6.45) is 1.12. The van der Waals surface area contributed by atoms with E-state index in [0.29, 0.717) is 12.2 Å². The standard InChI is InChI=1S/C4H4O4.2K.2H/c5-3(6)1-2-4(7)8;;;;/h1-2H,(H,5,6)(H,7,8);;;;/q;2*+1;2*-1/b2-1-;;;;. The molecule has 0 bridgehead atoms. The Labute approximate surface area is 146 Å². The van der Waals surface area contributed by atoms with E-state index in [9.17, 15) is 9.59 Å². The molecule has 0 aliphatic rings. The Morgan fingerprint density at radius 3 is 1.30 bits per heavy atom. The average molecular weight is 196 g/mol. The van der Waals surface area contributed by atoms with Crippen molar-refractivity contribution in [3.63, 3.8) is 0 Å². The summed E-state index contributed by atoms with van der Waals surface area (Å²) >= 11 is 0. The van der Waals surface area contributed by atoms with E-state index in [1.165, 1.54) is 0 Å². The van der Waals surface area contributed by atoms with Crippen LogP contribution in [-0.4, -0.2) is 22.2 Å². The predicted molar refractivity (Wildman–Crippen MR) is 26.6 cm³/mol. The third kappa shape index (κ3) is 16.5. The van der Waals surface area contributed by atoms with Crippen molar-refractivity contribution in [2.45, 2.75) is 0 Å². The molecule has 0 aliphatic carbocycles. The minimum absolute atomic E-state index is 0. The molecule has 0 fully saturated rings. The zero-order valence-electron chi connectivity index (χ0n) is 7.87. The Balaban J connectivity index is -0.0000000408. The van der Waals surface area contributed by atoms with Crippen LogP contribution in [0.25, 0.3) is 0 Å². The molecule has 0 aromatic carbocycles. The average Bonchev–Trinajstić information content (AvgIpc) is 1.61. The fraction of sp³-hybridized carbons (Fsp3) is 0. The van der Waals surface area contributed by atoms with E-state index >= 15 is 0 Å². The van der Waals surface area contributed by atoms with E-state index in [1.807, 2.05) is 0 Å². The second-order valence-corrected chi connectivity index (χ2v) is 1.01. The van der Waals surface area contributed by atoms with Gasteiger partial charge in [0.25, 0.3) is 0 Å². The Morgan fingerprint density at radius 2 is 1.20 bits per heavy atom. The van der Waals surface area contributed by atoms with Crippen LogP contribution in [0.5, 0.6) is 0 Å². The van der Waals surface area contributed by atoms with E-state index in [2.05, 4.69) is 0 Å². The van der Waals surface area contributed by atoms with Crippen molar-refractivity contribution in [1.82, 2.24) is 0 Å². The number of carboxylic acids is 2. The van der Waals surface area contributed by atoms with Crippen molar-refractivity contribution >= 4 is 11.9 Å². The van der Waals surface area contributed by atoms with Crippen LogP contribution in [0, 0.1) is 0 Å². The molecule has 0 aliphatic heterocycles. The smallest absolute Gasteiger partial charge is 1.00 e. The monoisotopic (exact) mass is 196 g/mol. The number of rotatable bonds is 2. The number of carboxylic acid groups (broad SMARTS) is 2. The molecule has 0 spiro atoms. The van der Waals surface area contributed by atoms with Gasteiger partial charge in [-0.3, -0.25) is 0 Å². The molecule has 10 heavy (non-hydrogen) atoms. The van der Waals surface area contributed by atoms with Gasteiger partial charge in [0.2, 0.25) is 0 Å². The first kappa shape index (κ1) is 17.9. The molecule has 6 heteroatoms. The normalized spacial score (nSPS) is 7.60. The molecule has 0 rings (SSSR count). The van der Waals surface area contributed by atoms with Gasteiger partial charge in [0.05, 0.1) is 0 Å². The Kier molecular flexibility index (Phi) is 19.6. The zero-order chi connectivity index (χ0) is 6.57. The zero-order valence-corrected chi connectivity index (χ0v) is 12.1. The fourth-order valence-electron chi connectivity index (χ4n) is 0.143. The van der Waals surface area contributed by atoms with Crippen molar-refractivity contribution in [3.8, 4) is 0 Å². The summed E-state index contributed by atoms with van der Waals surface area (Å²) in [5.41, 5.74) is 0. The molecule has 2 N–H and O–H groups in total. The fourth-order valence-corrected chi connectivity index (χ4v) is 0.143. The topological polar surface area (TPSA) is 74.6 Å². The van der Waals surface area contributed by atoms with Gasteiger partial charge in [0.15, 0.2) is 0 Å². The summed E-state index contributed by atoms with van der Waals surface area (Å²) in [6, 6.07) is 0. The number of aliphatic carboxylic acids is 2. The van der Waals surface area contributed by atoms with Gasteiger partial charge in [-0.25, -0.2) is 9.59 Å². The molecular weight excluding hydrogens is 190 g/mol. The van der Waals surface area contributed by atoms with Gasteiger partial charge in [-0.1, -0.05) is 0 Å². The number of hydrogen-bond donors (Lipinski definition) is 2. The molecule has 0 aromatic rings. The minimum atomic E-state index is -1.26. The van der Waals surface area contributed by atoms with Crippen molar-refractivity contribution in [2.24, 2.45) is 0 Å². The van der Waals surface area contributed by atoms with Crippen LogP contribution in [0.4, 0.5) is 0 Å². The first-order valence-electron chi connectivity index (χ1n) is 1.77. The minimum Gasteiger partial charge on any atom is -1.00 e. The second-order valence-electron chi connectivity index (χ2n) is 1.01. The SMILES string of the molecule is O=C(O)/C=C\C(=O)O.[H-].[H-].[K+].[K+]. The van der Waals surface area contributed by atoms with Gasteiger partial charge in [0.1, 0.15) is 0 Å². The second kappa shape index (κ2) is 11.0. The van der Waals surface area contributed by atoms with Gasteiger partial charge in [-0.05, 0) is 0 Å². The van der Waals surface area contributed by atoms with Gasteiger partial charge in [0, 0.05) is 12.2 Å². The molecule has 0 saturated carbocycles. The van der Waals surface area contributed by atoms with Crippen molar-refractivity contribution in [2.75, 3.05) is 0 Å². The van der Waals surface area contributed by atoms with Crippen LogP contribution in [0.15, 0.2) is 12.2 Å². The summed E-state index contributed by atoms with van der Waals surface area (Å²) in [5, 5.41) is 15.6. The molecule has 0 unspecified atom stereocenters. The molecule has 0 radical (unpaired) electrons. The molecule has 0 atom stereocenters. The van der Waals surface area contributed by atoms with Crippen LogP contribution in [0.3, 0.4) is 0 Å². The molecular formula is C4H6K2O4. The predicted octanol–water partition coefficient (Wildman–Crippen LogP) is -6.06. The van der Waals surface area contributed by atoms with Crippen LogP contribution in [0.1, 0.15) is 2.85 Å². The third-order valence-corrected chi connectivity index (χ3v) is 0.368. The molecule has 0 amide bonds. The van der Waals surface area contributed by atoms with Crippen molar-refractivity contribution in [3.05, 3.63) is 12.2 Å². The summed E-state index contributed by atoms with van der Waals surface area (Å²) in [6.45, 7) is 0. The van der Waals surface area contributed by atoms with Crippen LogP contribution < -0.4 is 103 Å². The number of hydrogen-bond acceptors (Lipinski definition) is 2. The first-order valence-corrected chi connectivity index (χ1v) is 1.77. The summed E-state index contributed by atoms with van der Waals surface area (Å²) in [5.74, 6) is -2.51. The van der Waals surface area contributed by atoms with E-state index < -0.39 is 11.9 Å². The first-order chi connectivity index (χ1) is 3.63. The Morgan fingerprint density at radius 1 is 1.00 bits per heavy atom. The summed E-state index contributed by atoms with van der Waals surface area (Å²) < 4.78 is 0. The van der Waals surface area contributed by atoms with Crippen molar-refractivity contribution < 1.29 is 125 Å². The van der Waals surface area contributed by atoms with Gasteiger partial charge in [-0.15, -0.1) is 0 Å². The van der Waals surface area contributed by atoms with E-state index in [4.69, 9.17) is 10.2 Å². The van der Waals surface area contributed by atoms with E-state index in [-0.39, 0.29) is 106 Å². The summed E-state index contributed by atoms with van der Waals surface area (Å²) in [4.78, 5) is 19.1. The Bertz CT molecular complexity index is 134. The van der Waals surface area contributed by atoms with Crippen molar-refractivity contribution in [1.29, 1.82) is 0 Å². The molecule has 0 heterocycles. The molecule has 4 nitrogen and oxygen atoms in total. The van der Waals surface area contributed by atoms with Gasteiger partial charge >= 0.3 is 115 Å². The third-order valence-electron chi connectivity index (χ3n) is 0.368.